The Labute approximate surface area is 64.3 Å². The van der Waals surface area contributed by atoms with E-state index in [0.717, 1.165) is 5.70 Å². The van der Waals surface area contributed by atoms with Crippen LogP contribution in [0.2, 0.25) is 0 Å². The smallest absolute Gasteiger partial charge is 0.362 e. The van der Waals surface area contributed by atoms with Gasteiger partial charge in [-0.15, -0.1) is 0 Å². The van der Waals surface area contributed by atoms with Gasteiger partial charge in [-0.2, -0.15) is 0 Å². The highest BCUT2D eigenvalue weighted by atomic mass is 16.4. The number of hydrogen-bond donors (Lipinski definition) is 4. The molecule has 0 radical (unpaired) electrons. The third-order valence-corrected chi connectivity index (χ3v) is 1.51. The summed E-state index contributed by atoms with van der Waals surface area (Å²) in [4.78, 5) is 10.3. The van der Waals surface area contributed by atoms with Crippen LogP contribution < -0.4 is 16.4 Å². The third-order valence-electron chi connectivity index (χ3n) is 1.51. The molecule has 11 heavy (non-hydrogen) atoms. The third kappa shape index (κ3) is 2.12. The summed E-state index contributed by atoms with van der Waals surface area (Å²) in [5.74, 6) is -0.861. The molecular weight excluding hydrogens is 146 g/mol. The predicted octanol–water partition coefficient (Wildman–Crippen LogP) is -1.94. The van der Waals surface area contributed by atoms with Gasteiger partial charge in [0.2, 0.25) is 0 Å². The first-order chi connectivity index (χ1) is 5.20. The molecule has 1 aliphatic heterocycles. The van der Waals surface area contributed by atoms with Crippen molar-refractivity contribution in [1.82, 2.24) is 10.6 Å². The Morgan fingerprint density at radius 3 is 3.09 bits per heavy atom. The Bertz CT molecular complexity index is 190. The molecular formula is C6H12N3O2+. The van der Waals surface area contributed by atoms with Crippen LogP contribution in [0.4, 0.5) is 0 Å². The van der Waals surface area contributed by atoms with E-state index in [1.54, 1.807) is 6.20 Å². The summed E-state index contributed by atoms with van der Waals surface area (Å²) in [7, 11) is 0. The first-order valence-corrected chi connectivity index (χ1v) is 3.42. The van der Waals surface area contributed by atoms with Crippen LogP contribution in [0.3, 0.4) is 0 Å². The molecule has 0 aliphatic carbocycles. The van der Waals surface area contributed by atoms with Crippen molar-refractivity contribution in [3.05, 3.63) is 11.9 Å². The van der Waals surface area contributed by atoms with Crippen LogP contribution >= 0.6 is 0 Å². The van der Waals surface area contributed by atoms with Crippen molar-refractivity contribution in [2.75, 3.05) is 6.67 Å². The van der Waals surface area contributed by atoms with E-state index in [2.05, 4.69) is 16.4 Å². The van der Waals surface area contributed by atoms with Gasteiger partial charge in [-0.25, -0.2) is 4.79 Å². The summed E-state index contributed by atoms with van der Waals surface area (Å²) in [6.45, 7) is 0.682. The fourth-order valence-electron chi connectivity index (χ4n) is 0.874. The second kappa shape index (κ2) is 3.25. The summed E-state index contributed by atoms with van der Waals surface area (Å²) < 4.78 is 0. The fourth-order valence-corrected chi connectivity index (χ4v) is 0.874. The van der Waals surface area contributed by atoms with Crippen LogP contribution in [0.15, 0.2) is 11.9 Å². The standard InChI is InChI=1S/C6H11N3O2/c7-5(6(10)11)1-4-2-8-3-9-4/h2,5,8-9H,1,3,7H2,(H,10,11)/p+1. The van der Waals surface area contributed by atoms with E-state index in [1.807, 2.05) is 0 Å². The van der Waals surface area contributed by atoms with Crippen molar-refractivity contribution in [3.63, 3.8) is 0 Å². The zero-order valence-electron chi connectivity index (χ0n) is 6.13. The normalized spacial score (nSPS) is 18.1. The minimum atomic E-state index is -0.861. The lowest BCUT2D eigenvalue weighted by molar-refractivity contribution is -0.407. The molecule has 0 amide bonds. The van der Waals surface area contributed by atoms with Crippen LogP contribution in [0, 0.1) is 0 Å². The van der Waals surface area contributed by atoms with E-state index in [1.165, 1.54) is 0 Å². The first kappa shape index (κ1) is 7.87. The van der Waals surface area contributed by atoms with Gasteiger partial charge in [0.15, 0.2) is 6.04 Å². The van der Waals surface area contributed by atoms with E-state index < -0.39 is 12.0 Å². The summed E-state index contributed by atoms with van der Waals surface area (Å²) in [6, 6.07) is -0.561. The maximum absolute atomic E-state index is 10.3. The molecule has 0 saturated carbocycles. The molecule has 0 bridgehead atoms. The lowest BCUT2D eigenvalue weighted by Gasteiger charge is -2.03. The van der Waals surface area contributed by atoms with Crippen LogP contribution in [-0.2, 0) is 4.79 Å². The van der Waals surface area contributed by atoms with E-state index >= 15 is 0 Å². The molecule has 0 aromatic rings. The highest BCUT2D eigenvalue weighted by Crippen LogP contribution is 2.00. The Balaban J connectivity index is 2.35. The second-order valence-electron chi connectivity index (χ2n) is 2.47. The molecule has 0 aromatic carbocycles. The molecule has 0 spiro atoms. The Hall–Kier alpha value is -1.23. The molecule has 0 fully saturated rings. The summed E-state index contributed by atoms with van der Waals surface area (Å²) in [5, 5.41) is 14.4. The van der Waals surface area contributed by atoms with Gasteiger partial charge in [0.05, 0.1) is 13.1 Å². The van der Waals surface area contributed by atoms with E-state index in [0.29, 0.717) is 13.1 Å². The van der Waals surface area contributed by atoms with Gasteiger partial charge in [-0.3, -0.25) is 0 Å². The summed E-state index contributed by atoms with van der Waals surface area (Å²) >= 11 is 0. The number of hydrogen-bond acceptors (Lipinski definition) is 3. The molecule has 6 N–H and O–H groups in total. The molecule has 62 valence electrons. The van der Waals surface area contributed by atoms with Gasteiger partial charge in [-0.1, -0.05) is 0 Å². The van der Waals surface area contributed by atoms with Crippen molar-refractivity contribution in [1.29, 1.82) is 0 Å². The van der Waals surface area contributed by atoms with E-state index in [-0.39, 0.29) is 0 Å². The molecule has 5 nitrogen and oxygen atoms in total. The number of nitrogens with one attached hydrogen (secondary N) is 2. The largest absolute Gasteiger partial charge is 0.477 e. The van der Waals surface area contributed by atoms with Crippen LogP contribution in [0.5, 0.6) is 0 Å². The quantitative estimate of drug-likeness (QED) is 0.385. The number of rotatable bonds is 3. The first-order valence-electron chi connectivity index (χ1n) is 3.42. The monoisotopic (exact) mass is 158 g/mol. The zero-order valence-corrected chi connectivity index (χ0v) is 6.13. The number of aliphatic carboxylic acids is 1. The van der Waals surface area contributed by atoms with Gasteiger partial charge in [0.25, 0.3) is 0 Å². The number of carboxylic acids is 1. The van der Waals surface area contributed by atoms with Crippen LogP contribution in [0.1, 0.15) is 6.42 Å². The maximum Gasteiger partial charge on any atom is 0.362 e. The van der Waals surface area contributed by atoms with Crippen LogP contribution in [-0.4, -0.2) is 23.8 Å². The SMILES string of the molecule is [NH3+]C(CC1=CNCN1)C(=O)O. The molecule has 1 atom stereocenters. The molecule has 0 saturated heterocycles. The molecule has 1 rings (SSSR count). The summed E-state index contributed by atoms with van der Waals surface area (Å²) in [5.41, 5.74) is 4.40. The van der Waals surface area contributed by atoms with Crippen LogP contribution in [0.25, 0.3) is 0 Å². The van der Waals surface area contributed by atoms with Crippen molar-refractivity contribution in [2.24, 2.45) is 0 Å². The van der Waals surface area contributed by atoms with Crippen molar-refractivity contribution < 1.29 is 15.6 Å². The second-order valence-corrected chi connectivity index (χ2v) is 2.47. The average Bonchev–Trinajstić information content (AvgIpc) is 2.39. The maximum atomic E-state index is 10.3. The van der Waals surface area contributed by atoms with Crippen molar-refractivity contribution in [2.45, 2.75) is 12.5 Å². The van der Waals surface area contributed by atoms with Crippen molar-refractivity contribution >= 4 is 5.97 Å². The highest BCUT2D eigenvalue weighted by molar-refractivity contribution is 5.71. The summed E-state index contributed by atoms with van der Waals surface area (Å²) in [6.07, 6.45) is 2.24. The van der Waals surface area contributed by atoms with Gasteiger partial charge < -0.3 is 21.5 Å². The van der Waals surface area contributed by atoms with E-state index in [9.17, 15) is 4.79 Å². The molecule has 1 unspecified atom stereocenters. The van der Waals surface area contributed by atoms with Gasteiger partial charge in [0, 0.05) is 11.9 Å². The number of carbonyl (C=O) groups is 1. The number of quaternary nitrogens is 1. The fraction of sp³-hybridized carbons (Fsp3) is 0.500. The van der Waals surface area contributed by atoms with Gasteiger partial charge >= 0.3 is 5.97 Å². The highest BCUT2D eigenvalue weighted by Gasteiger charge is 2.18. The molecule has 0 aromatic heterocycles. The Kier molecular flexibility index (Phi) is 2.32. The van der Waals surface area contributed by atoms with Gasteiger partial charge in [-0.05, 0) is 0 Å². The predicted molar refractivity (Wildman–Crippen MR) is 38.2 cm³/mol. The minimum Gasteiger partial charge on any atom is -0.477 e. The molecule has 1 aliphatic rings. The lowest BCUT2D eigenvalue weighted by atomic mass is 10.2. The van der Waals surface area contributed by atoms with E-state index in [4.69, 9.17) is 5.11 Å². The minimum absolute atomic E-state index is 0.461. The van der Waals surface area contributed by atoms with Crippen molar-refractivity contribution in [3.8, 4) is 0 Å². The number of carboxylic acid groups (broad SMARTS) is 1. The average molecular weight is 158 g/mol. The zero-order chi connectivity index (χ0) is 8.27. The molecule has 5 heteroatoms. The lowest BCUT2D eigenvalue weighted by Crippen LogP contribution is -2.65. The molecule has 1 heterocycles. The topological polar surface area (TPSA) is 89.0 Å². The Morgan fingerprint density at radius 2 is 2.64 bits per heavy atom. The van der Waals surface area contributed by atoms with Gasteiger partial charge in [0.1, 0.15) is 0 Å². The Morgan fingerprint density at radius 1 is 1.91 bits per heavy atom.